The minimum Gasteiger partial charge on any atom is -0.497 e. The number of hydrogen-bond acceptors (Lipinski definition) is 4. The molecule has 0 aliphatic carbocycles. The lowest BCUT2D eigenvalue weighted by Crippen LogP contribution is -2.21. The van der Waals surface area contributed by atoms with E-state index in [2.05, 4.69) is 10.1 Å². The Labute approximate surface area is 120 Å². The topological polar surface area (TPSA) is 56.5 Å². The first-order chi connectivity index (χ1) is 9.33. The van der Waals surface area contributed by atoms with Crippen LogP contribution in [0.25, 0.3) is 0 Å². The fourth-order valence-corrected chi connectivity index (χ4v) is 1.64. The molecule has 0 fully saturated rings. The van der Waals surface area contributed by atoms with Gasteiger partial charge in [-0.15, -0.1) is 0 Å². The zero-order chi connectivity index (χ0) is 15.2. The molecule has 0 aliphatic heterocycles. The average Bonchev–Trinajstić information content (AvgIpc) is 2.36. The number of halogens is 3. The number of methoxy groups -OCH3 is 1. The zero-order valence-electron chi connectivity index (χ0n) is 10.8. The molecule has 0 unspecified atom stereocenters. The van der Waals surface area contributed by atoms with E-state index in [1.165, 1.54) is 7.11 Å². The van der Waals surface area contributed by atoms with Crippen LogP contribution in [0.3, 0.4) is 0 Å². The molecule has 0 radical (unpaired) electrons. The number of alkyl halides is 3. The van der Waals surface area contributed by atoms with E-state index in [9.17, 15) is 13.2 Å². The molecular weight excluding hydrogens is 293 g/mol. The number of rotatable bonds is 7. The highest BCUT2D eigenvalue weighted by atomic mass is 32.1. The summed E-state index contributed by atoms with van der Waals surface area (Å²) >= 11 is 4.90. The second-order valence-electron chi connectivity index (χ2n) is 3.87. The molecule has 1 aromatic carbocycles. The van der Waals surface area contributed by atoms with Gasteiger partial charge in [0.25, 0.3) is 0 Å². The Kier molecular flexibility index (Phi) is 6.03. The summed E-state index contributed by atoms with van der Waals surface area (Å²) in [5.41, 5.74) is 6.75. The van der Waals surface area contributed by atoms with Gasteiger partial charge in [-0.25, -0.2) is 0 Å². The Hall–Kier alpha value is -1.54. The van der Waals surface area contributed by atoms with Gasteiger partial charge in [0.05, 0.1) is 13.7 Å². The Bertz CT molecular complexity index is 467. The minimum absolute atomic E-state index is 0.0898. The van der Waals surface area contributed by atoms with Crippen LogP contribution in [0.2, 0.25) is 0 Å². The van der Waals surface area contributed by atoms with Crippen molar-refractivity contribution >= 4 is 22.9 Å². The average molecular weight is 308 g/mol. The summed E-state index contributed by atoms with van der Waals surface area (Å²) in [6.07, 6.45) is -4.32. The van der Waals surface area contributed by atoms with Crippen LogP contribution in [0.1, 0.15) is 5.56 Å². The van der Waals surface area contributed by atoms with Gasteiger partial charge in [-0.05, 0) is 12.1 Å². The summed E-state index contributed by atoms with van der Waals surface area (Å²) in [7, 11) is 1.51. The number of nitrogens with two attached hydrogens (primary N) is 1. The number of thiocarbonyl (C=S) groups is 1. The van der Waals surface area contributed by atoms with E-state index >= 15 is 0 Å². The summed E-state index contributed by atoms with van der Waals surface area (Å²) in [5.74, 6) is 0.587. The van der Waals surface area contributed by atoms with E-state index < -0.39 is 12.8 Å². The Morgan fingerprint density at radius 3 is 2.65 bits per heavy atom. The minimum atomic E-state index is -4.32. The SMILES string of the molecule is COc1ccc(C(N)=S)c(NCCOCC(F)(F)F)c1. The zero-order valence-corrected chi connectivity index (χ0v) is 11.6. The number of hydrogen-bond donors (Lipinski definition) is 2. The van der Waals surface area contributed by atoms with E-state index in [1.807, 2.05) is 0 Å². The largest absolute Gasteiger partial charge is 0.497 e. The second kappa shape index (κ2) is 7.30. The van der Waals surface area contributed by atoms with E-state index in [0.717, 1.165) is 0 Å². The molecule has 1 rings (SSSR count). The van der Waals surface area contributed by atoms with Gasteiger partial charge < -0.3 is 20.5 Å². The first-order valence-electron chi connectivity index (χ1n) is 5.69. The quantitative estimate of drug-likeness (QED) is 0.598. The molecule has 8 heteroatoms. The molecule has 0 atom stereocenters. The van der Waals surface area contributed by atoms with Gasteiger partial charge in [0.2, 0.25) is 0 Å². The number of nitrogens with one attached hydrogen (secondary N) is 1. The molecule has 3 N–H and O–H groups in total. The molecular formula is C12H15F3N2O2S. The first-order valence-corrected chi connectivity index (χ1v) is 6.10. The molecule has 4 nitrogen and oxygen atoms in total. The van der Waals surface area contributed by atoms with E-state index in [4.69, 9.17) is 22.7 Å². The summed E-state index contributed by atoms with van der Waals surface area (Å²) in [5, 5.41) is 2.92. The molecule has 0 amide bonds. The third-order valence-corrected chi connectivity index (χ3v) is 2.54. The van der Waals surface area contributed by atoms with Crippen LogP contribution < -0.4 is 15.8 Å². The molecule has 0 spiro atoms. The molecule has 0 saturated carbocycles. The van der Waals surface area contributed by atoms with Crippen molar-refractivity contribution in [1.82, 2.24) is 0 Å². The van der Waals surface area contributed by atoms with Crippen LogP contribution in [-0.2, 0) is 4.74 Å². The van der Waals surface area contributed by atoms with Crippen molar-refractivity contribution < 1.29 is 22.6 Å². The second-order valence-corrected chi connectivity index (χ2v) is 4.31. The third-order valence-electron chi connectivity index (χ3n) is 2.32. The monoisotopic (exact) mass is 308 g/mol. The highest BCUT2D eigenvalue weighted by molar-refractivity contribution is 7.80. The van der Waals surface area contributed by atoms with E-state index in [0.29, 0.717) is 17.0 Å². The Balaban J connectivity index is 2.55. The van der Waals surface area contributed by atoms with Gasteiger partial charge >= 0.3 is 6.18 Å². The van der Waals surface area contributed by atoms with Crippen LogP contribution in [-0.4, -0.2) is 38.0 Å². The van der Waals surface area contributed by atoms with Crippen molar-refractivity contribution in [3.05, 3.63) is 23.8 Å². The smallest absolute Gasteiger partial charge is 0.411 e. The fourth-order valence-electron chi connectivity index (χ4n) is 1.46. The molecule has 112 valence electrons. The van der Waals surface area contributed by atoms with Crippen molar-refractivity contribution in [2.45, 2.75) is 6.18 Å². The van der Waals surface area contributed by atoms with E-state index in [-0.39, 0.29) is 18.1 Å². The lowest BCUT2D eigenvalue weighted by atomic mass is 10.1. The van der Waals surface area contributed by atoms with Crippen LogP contribution in [0.5, 0.6) is 5.75 Å². The predicted molar refractivity (Wildman–Crippen MR) is 74.2 cm³/mol. The van der Waals surface area contributed by atoms with Gasteiger partial charge in [0.1, 0.15) is 17.3 Å². The summed E-state index contributed by atoms with van der Waals surface area (Å²) in [4.78, 5) is 0.186. The first kappa shape index (κ1) is 16.5. The Morgan fingerprint density at radius 2 is 2.10 bits per heavy atom. The molecule has 0 aromatic heterocycles. The van der Waals surface area contributed by atoms with Crippen molar-refractivity contribution in [2.24, 2.45) is 5.73 Å². The van der Waals surface area contributed by atoms with Gasteiger partial charge in [-0.3, -0.25) is 0 Å². The van der Waals surface area contributed by atoms with Crippen LogP contribution in [0, 0.1) is 0 Å². The maximum atomic E-state index is 11.9. The van der Waals surface area contributed by atoms with Gasteiger partial charge in [-0.2, -0.15) is 13.2 Å². The normalized spacial score (nSPS) is 11.2. The summed E-state index contributed by atoms with van der Waals surface area (Å²) < 4.78 is 45.2. The summed E-state index contributed by atoms with van der Waals surface area (Å²) in [6, 6.07) is 5.04. The maximum absolute atomic E-state index is 11.9. The Morgan fingerprint density at radius 1 is 1.40 bits per heavy atom. The van der Waals surface area contributed by atoms with Crippen molar-refractivity contribution in [1.29, 1.82) is 0 Å². The van der Waals surface area contributed by atoms with Crippen LogP contribution in [0.4, 0.5) is 18.9 Å². The van der Waals surface area contributed by atoms with Gasteiger partial charge in [-0.1, -0.05) is 12.2 Å². The summed E-state index contributed by atoms with van der Waals surface area (Å²) in [6.45, 7) is -1.17. The van der Waals surface area contributed by atoms with E-state index in [1.54, 1.807) is 18.2 Å². The molecule has 0 heterocycles. The molecule has 20 heavy (non-hydrogen) atoms. The molecule has 0 bridgehead atoms. The molecule has 1 aromatic rings. The predicted octanol–water partition coefficient (Wildman–Crippen LogP) is 2.32. The third kappa shape index (κ3) is 5.62. The van der Waals surface area contributed by atoms with Crippen molar-refractivity contribution in [2.75, 3.05) is 32.2 Å². The lowest BCUT2D eigenvalue weighted by molar-refractivity contribution is -0.172. The van der Waals surface area contributed by atoms with Gasteiger partial charge in [0, 0.05) is 23.9 Å². The number of anilines is 1. The number of benzene rings is 1. The molecule has 0 aliphatic rings. The highest BCUT2D eigenvalue weighted by Gasteiger charge is 2.27. The van der Waals surface area contributed by atoms with Gasteiger partial charge in [0.15, 0.2) is 0 Å². The van der Waals surface area contributed by atoms with Crippen LogP contribution in [0.15, 0.2) is 18.2 Å². The highest BCUT2D eigenvalue weighted by Crippen LogP contribution is 2.22. The standard InChI is InChI=1S/C12H15F3N2O2S/c1-18-8-2-3-9(11(16)20)10(6-8)17-4-5-19-7-12(13,14)15/h2-3,6,17H,4-5,7H2,1H3,(H2,16,20). The van der Waals surface area contributed by atoms with Crippen LogP contribution >= 0.6 is 12.2 Å². The molecule has 0 saturated heterocycles. The lowest BCUT2D eigenvalue weighted by Gasteiger charge is -2.13. The maximum Gasteiger partial charge on any atom is 0.411 e. The number of ether oxygens (including phenoxy) is 2. The van der Waals surface area contributed by atoms with Crippen molar-refractivity contribution in [3.63, 3.8) is 0 Å². The van der Waals surface area contributed by atoms with Crippen molar-refractivity contribution in [3.8, 4) is 5.75 Å². The fraction of sp³-hybridized carbons (Fsp3) is 0.417.